The maximum absolute atomic E-state index is 13.1. The average Bonchev–Trinajstić information content (AvgIpc) is 3.30. The van der Waals surface area contributed by atoms with Gasteiger partial charge in [0.2, 0.25) is 0 Å². The number of ether oxygens (including phenoxy) is 2. The number of nitrogens with zero attached hydrogens (tertiary/aromatic N) is 3. The molecular formula is C20H25N3O5S2. The topological polar surface area (TPSA) is 79.4 Å². The van der Waals surface area contributed by atoms with Gasteiger partial charge in [0.25, 0.3) is 15.9 Å². The SMILES string of the molecule is COc1ccc(N2CCN(S(=O)(=O)c3cc(C(=O)N4CCOCC4)cs3)CC2)cc1. The molecule has 0 N–H and O–H groups in total. The van der Waals surface area contributed by atoms with Crippen LogP contribution in [0.15, 0.2) is 39.9 Å². The molecule has 2 aromatic rings. The molecule has 2 saturated heterocycles. The van der Waals surface area contributed by atoms with Gasteiger partial charge in [-0.05, 0) is 30.3 Å². The second kappa shape index (κ2) is 8.93. The van der Waals surface area contributed by atoms with Crippen molar-refractivity contribution in [1.29, 1.82) is 0 Å². The molecule has 0 unspecified atom stereocenters. The van der Waals surface area contributed by atoms with Gasteiger partial charge in [-0.15, -0.1) is 11.3 Å². The van der Waals surface area contributed by atoms with Crippen LogP contribution in [0.3, 0.4) is 0 Å². The molecule has 2 aliphatic rings. The number of anilines is 1. The van der Waals surface area contributed by atoms with Crippen molar-refractivity contribution in [2.75, 3.05) is 64.5 Å². The number of sulfonamides is 1. The van der Waals surface area contributed by atoms with Gasteiger partial charge in [0, 0.05) is 50.3 Å². The standard InChI is InChI=1S/C20H25N3O5S2/c1-27-18-4-2-17(3-5-18)21-6-8-23(9-7-21)30(25,26)19-14-16(15-29-19)20(24)22-10-12-28-13-11-22/h2-5,14-15H,6-13H2,1H3. The van der Waals surface area contributed by atoms with Crippen LogP contribution < -0.4 is 9.64 Å². The van der Waals surface area contributed by atoms with Crippen LogP contribution in [0.1, 0.15) is 10.4 Å². The summed E-state index contributed by atoms with van der Waals surface area (Å²) in [4.78, 5) is 16.5. The number of rotatable bonds is 5. The number of benzene rings is 1. The highest BCUT2D eigenvalue weighted by atomic mass is 32.2. The van der Waals surface area contributed by atoms with Crippen molar-refractivity contribution < 1.29 is 22.7 Å². The number of morpholine rings is 1. The quantitative estimate of drug-likeness (QED) is 0.689. The lowest BCUT2D eigenvalue weighted by atomic mass is 10.2. The highest BCUT2D eigenvalue weighted by Crippen LogP contribution is 2.27. The molecule has 0 aliphatic carbocycles. The van der Waals surface area contributed by atoms with Crippen molar-refractivity contribution in [3.05, 3.63) is 41.3 Å². The number of thiophene rings is 1. The van der Waals surface area contributed by atoms with Crippen molar-refractivity contribution >= 4 is 33.0 Å². The summed E-state index contributed by atoms with van der Waals surface area (Å²) in [6.45, 7) is 4.11. The fourth-order valence-electron chi connectivity index (χ4n) is 3.62. The van der Waals surface area contributed by atoms with E-state index in [0.717, 1.165) is 22.8 Å². The molecule has 4 rings (SSSR count). The first kappa shape index (κ1) is 21.1. The predicted octanol–water partition coefficient (Wildman–Crippen LogP) is 1.74. The Labute approximate surface area is 180 Å². The fourth-order valence-corrected chi connectivity index (χ4v) is 6.35. The summed E-state index contributed by atoms with van der Waals surface area (Å²) in [5.74, 6) is 0.653. The van der Waals surface area contributed by atoms with Crippen LogP contribution in [0.4, 0.5) is 5.69 Å². The minimum atomic E-state index is -3.61. The zero-order valence-electron chi connectivity index (χ0n) is 16.8. The van der Waals surface area contributed by atoms with Crippen LogP contribution in [-0.4, -0.2) is 83.1 Å². The Bertz CT molecular complexity index is 976. The largest absolute Gasteiger partial charge is 0.497 e. The van der Waals surface area contributed by atoms with Gasteiger partial charge in [0.15, 0.2) is 0 Å². The van der Waals surface area contributed by atoms with E-state index in [1.54, 1.807) is 17.4 Å². The molecule has 3 heterocycles. The molecule has 162 valence electrons. The van der Waals surface area contributed by atoms with E-state index in [9.17, 15) is 13.2 Å². The lowest BCUT2D eigenvalue weighted by Crippen LogP contribution is -2.48. The third-order valence-electron chi connectivity index (χ3n) is 5.39. The Morgan fingerprint density at radius 1 is 1.03 bits per heavy atom. The van der Waals surface area contributed by atoms with Crippen molar-refractivity contribution in [2.24, 2.45) is 0 Å². The lowest BCUT2D eigenvalue weighted by Gasteiger charge is -2.35. The number of carbonyl (C=O) groups is 1. The van der Waals surface area contributed by atoms with E-state index in [1.807, 2.05) is 24.3 Å². The highest BCUT2D eigenvalue weighted by Gasteiger charge is 2.31. The molecule has 8 nitrogen and oxygen atoms in total. The number of hydrogen-bond acceptors (Lipinski definition) is 7. The van der Waals surface area contributed by atoms with Gasteiger partial charge in [-0.1, -0.05) is 0 Å². The van der Waals surface area contributed by atoms with Gasteiger partial charge in [-0.2, -0.15) is 4.31 Å². The number of piperazine rings is 1. The van der Waals surface area contributed by atoms with Crippen molar-refractivity contribution in [3.8, 4) is 5.75 Å². The van der Waals surface area contributed by atoms with Gasteiger partial charge < -0.3 is 19.3 Å². The predicted molar refractivity (Wildman–Crippen MR) is 115 cm³/mol. The van der Waals surface area contributed by atoms with Crippen molar-refractivity contribution in [1.82, 2.24) is 9.21 Å². The van der Waals surface area contributed by atoms with Gasteiger partial charge in [-0.25, -0.2) is 8.42 Å². The van der Waals surface area contributed by atoms with E-state index in [4.69, 9.17) is 9.47 Å². The van der Waals surface area contributed by atoms with E-state index >= 15 is 0 Å². The van der Waals surface area contributed by atoms with Gasteiger partial charge in [0.1, 0.15) is 9.96 Å². The molecule has 30 heavy (non-hydrogen) atoms. The van der Waals surface area contributed by atoms with Crippen LogP contribution in [0.5, 0.6) is 5.75 Å². The molecule has 1 aromatic heterocycles. The van der Waals surface area contributed by atoms with Gasteiger partial charge in [0.05, 0.1) is 25.9 Å². The Balaban J connectivity index is 1.40. The summed E-state index contributed by atoms with van der Waals surface area (Å²) in [6.07, 6.45) is 0. The summed E-state index contributed by atoms with van der Waals surface area (Å²) < 4.78 is 38.3. The van der Waals surface area contributed by atoms with Crippen LogP contribution in [-0.2, 0) is 14.8 Å². The molecule has 0 spiro atoms. The van der Waals surface area contributed by atoms with Crippen molar-refractivity contribution in [2.45, 2.75) is 4.21 Å². The van der Waals surface area contributed by atoms with E-state index in [2.05, 4.69) is 4.90 Å². The maximum Gasteiger partial charge on any atom is 0.254 e. The second-order valence-electron chi connectivity index (χ2n) is 7.15. The summed E-state index contributed by atoms with van der Waals surface area (Å²) in [5.41, 5.74) is 1.47. The second-order valence-corrected chi connectivity index (χ2v) is 10.2. The molecule has 0 saturated carbocycles. The first-order valence-electron chi connectivity index (χ1n) is 9.84. The summed E-state index contributed by atoms with van der Waals surface area (Å²) in [7, 11) is -1.98. The number of amides is 1. The van der Waals surface area contributed by atoms with E-state index in [1.165, 1.54) is 10.4 Å². The normalized spacial score (nSPS) is 18.4. The average molecular weight is 452 g/mol. The summed E-state index contributed by atoms with van der Waals surface area (Å²) in [5, 5.41) is 1.64. The first-order valence-corrected chi connectivity index (χ1v) is 12.2. The Morgan fingerprint density at radius 3 is 2.33 bits per heavy atom. The highest BCUT2D eigenvalue weighted by molar-refractivity contribution is 7.91. The molecule has 1 amide bonds. The van der Waals surface area contributed by atoms with Crippen molar-refractivity contribution in [3.63, 3.8) is 0 Å². The zero-order chi connectivity index (χ0) is 21.1. The van der Waals surface area contributed by atoms with Crippen LogP contribution in [0.2, 0.25) is 0 Å². The molecule has 0 radical (unpaired) electrons. The molecule has 2 fully saturated rings. The molecule has 2 aliphatic heterocycles. The summed E-state index contributed by atoms with van der Waals surface area (Å²) >= 11 is 1.11. The Kier molecular flexibility index (Phi) is 6.28. The number of hydrogen-bond donors (Lipinski definition) is 0. The fraction of sp³-hybridized carbons (Fsp3) is 0.450. The van der Waals surface area contributed by atoms with Gasteiger partial charge in [-0.3, -0.25) is 4.79 Å². The number of methoxy groups -OCH3 is 1. The smallest absolute Gasteiger partial charge is 0.254 e. The van der Waals surface area contributed by atoms with Crippen LogP contribution in [0.25, 0.3) is 0 Å². The zero-order valence-corrected chi connectivity index (χ0v) is 18.5. The Morgan fingerprint density at radius 2 is 1.70 bits per heavy atom. The molecule has 1 aromatic carbocycles. The van der Waals surface area contributed by atoms with Gasteiger partial charge >= 0.3 is 0 Å². The minimum absolute atomic E-state index is 0.139. The van der Waals surface area contributed by atoms with Crippen LogP contribution in [0, 0.1) is 0 Å². The van der Waals surface area contributed by atoms with E-state index in [0.29, 0.717) is 58.0 Å². The Hall–Kier alpha value is -2.14. The monoisotopic (exact) mass is 451 g/mol. The summed E-state index contributed by atoms with van der Waals surface area (Å²) in [6, 6.07) is 9.26. The third-order valence-corrected chi connectivity index (χ3v) is 8.70. The molecule has 0 bridgehead atoms. The third kappa shape index (κ3) is 4.31. The first-order chi connectivity index (χ1) is 14.5. The minimum Gasteiger partial charge on any atom is -0.497 e. The van der Waals surface area contributed by atoms with E-state index < -0.39 is 10.0 Å². The number of carbonyl (C=O) groups excluding carboxylic acids is 1. The lowest BCUT2D eigenvalue weighted by molar-refractivity contribution is 0.0303. The van der Waals surface area contributed by atoms with Crippen LogP contribution >= 0.6 is 11.3 Å². The molecule has 10 heteroatoms. The van der Waals surface area contributed by atoms with E-state index in [-0.39, 0.29) is 10.1 Å². The molecule has 0 atom stereocenters. The maximum atomic E-state index is 13.1. The molecular weight excluding hydrogens is 426 g/mol.